The van der Waals surface area contributed by atoms with E-state index in [2.05, 4.69) is 21.9 Å². The summed E-state index contributed by atoms with van der Waals surface area (Å²) in [5.74, 6) is 3.37. The van der Waals surface area contributed by atoms with Crippen molar-refractivity contribution in [3.63, 3.8) is 0 Å². The second-order valence-electron chi connectivity index (χ2n) is 9.45. The molecule has 4 aliphatic carbocycles. The quantitative estimate of drug-likeness (QED) is 0.880. The van der Waals surface area contributed by atoms with Crippen molar-refractivity contribution in [3.05, 3.63) is 18.0 Å². The third kappa shape index (κ3) is 2.80. The van der Waals surface area contributed by atoms with Crippen LogP contribution in [0.15, 0.2) is 12.4 Å². The summed E-state index contributed by atoms with van der Waals surface area (Å²) >= 11 is 0. The zero-order valence-electron chi connectivity index (χ0n) is 15.2. The Bertz CT molecular complexity index is 631. The number of aryl methyl sites for hydroxylation is 1. The van der Waals surface area contributed by atoms with Gasteiger partial charge in [0.05, 0.1) is 12.1 Å². The van der Waals surface area contributed by atoms with Gasteiger partial charge in [0, 0.05) is 38.8 Å². The SMILES string of the molecule is Cn1cc([C@H]2CNC[C@@H]2C(=O)NCC23CC4CC(CC(C4)C2)C3)cn1. The molecule has 5 heteroatoms. The summed E-state index contributed by atoms with van der Waals surface area (Å²) in [6, 6.07) is 0. The lowest BCUT2D eigenvalue weighted by molar-refractivity contribution is -0.127. The van der Waals surface area contributed by atoms with E-state index in [4.69, 9.17) is 0 Å². The van der Waals surface area contributed by atoms with E-state index in [9.17, 15) is 4.79 Å². The first-order valence-electron chi connectivity index (χ1n) is 10.1. The van der Waals surface area contributed by atoms with Crippen LogP contribution in [0.25, 0.3) is 0 Å². The number of carbonyl (C=O) groups is 1. The molecule has 2 heterocycles. The fraction of sp³-hybridized carbons (Fsp3) is 0.800. The normalized spacial score (nSPS) is 42.0. The molecule has 1 aromatic heterocycles. The van der Waals surface area contributed by atoms with E-state index >= 15 is 0 Å². The summed E-state index contributed by atoms with van der Waals surface area (Å²) in [6.45, 7) is 2.57. The smallest absolute Gasteiger partial charge is 0.225 e. The van der Waals surface area contributed by atoms with Crippen molar-refractivity contribution in [1.82, 2.24) is 20.4 Å². The minimum Gasteiger partial charge on any atom is -0.355 e. The number of amides is 1. The predicted octanol–water partition coefficient (Wildman–Crippen LogP) is 2.06. The van der Waals surface area contributed by atoms with Crippen LogP contribution >= 0.6 is 0 Å². The van der Waals surface area contributed by atoms with Gasteiger partial charge in [0.25, 0.3) is 0 Å². The van der Waals surface area contributed by atoms with Gasteiger partial charge in [0.2, 0.25) is 5.91 Å². The minimum atomic E-state index is 0.0399. The molecule has 1 aliphatic heterocycles. The number of hydrogen-bond acceptors (Lipinski definition) is 3. The Morgan fingerprint density at radius 1 is 1.24 bits per heavy atom. The van der Waals surface area contributed by atoms with Crippen molar-refractivity contribution in [2.75, 3.05) is 19.6 Å². The van der Waals surface area contributed by atoms with Gasteiger partial charge < -0.3 is 10.6 Å². The first-order valence-corrected chi connectivity index (χ1v) is 10.1. The number of nitrogens with zero attached hydrogens (tertiary/aromatic N) is 2. The van der Waals surface area contributed by atoms with Crippen LogP contribution in [0.5, 0.6) is 0 Å². The van der Waals surface area contributed by atoms with E-state index in [-0.39, 0.29) is 17.7 Å². The van der Waals surface area contributed by atoms with Gasteiger partial charge in [-0.05, 0) is 67.3 Å². The molecule has 0 spiro atoms. The fourth-order valence-corrected chi connectivity index (χ4v) is 6.85. The zero-order chi connectivity index (χ0) is 17.0. The molecular formula is C20H30N4O. The highest BCUT2D eigenvalue weighted by atomic mass is 16.1. The van der Waals surface area contributed by atoms with E-state index in [1.807, 2.05) is 17.9 Å². The van der Waals surface area contributed by atoms with Crippen LogP contribution in [0, 0.1) is 29.1 Å². The monoisotopic (exact) mass is 342 g/mol. The molecule has 0 aromatic carbocycles. The maximum atomic E-state index is 13.0. The van der Waals surface area contributed by atoms with Gasteiger partial charge in [-0.25, -0.2) is 0 Å². The van der Waals surface area contributed by atoms with E-state index < -0.39 is 0 Å². The zero-order valence-corrected chi connectivity index (χ0v) is 15.2. The van der Waals surface area contributed by atoms with Crippen molar-refractivity contribution in [2.45, 2.75) is 44.4 Å². The Labute approximate surface area is 149 Å². The summed E-state index contributed by atoms with van der Waals surface area (Å²) in [7, 11) is 1.94. The standard InChI is InChI=1S/C20H30N4O/c1-24-11-16(8-23-24)17-9-21-10-18(17)19(25)22-12-20-5-13-2-14(6-20)4-15(3-13)7-20/h8,11,13-15,17-18,21H,2-7,9-10,12H2,1H3,(H,22,25)/t13?,14?,15?,17-,18+,20?/m1/s1. The molecule has 0 radical (unpaired) electrons. The van der Waals surface area contributed by atoms with E-state index in [0.29, 0.717) is 5.41 Å². The molecule has 5 fully saturated rings. The average molecular weight is 342 g/mol. The minimum absolute atomic E-state index is 0.0399. The molecule has 1 saturated heterocycles. The van der Waals surface area contributed by atoms with Crippen molar-refractivity contribution < 1.29 is 4.79 Å². The largest absolute Gasteiger partial charge is 0.355 e. The molecule has 1 aromatic rings. The van der Waals surface area contributed by atoms with Crippen LogP contribution < -0.4 is 10.6 Å². The number of hydrogen-bond donors (Lipinski definition) is 2. The number of aromatic nitrogens is 2. The Kier molecular flexibility index (Phi) is 3.70. The molecule has 0 unspecified atom stereocenters. The Morgan fingerprint density at radius 3 is 2.52 bits per heavy atom. The number of nitrogens with one attached hydrogen (secondary N) is 2. The van der Waals surface area contributed by atoms with Crippen LogP contribution in [0.4, 0.5) is 0 Å². The molecule has 4 bridgehead atoms. The summed E-state index contributed by atoms with van der Waals surface area (Å²) in [5.41, 5.74) is 1.60. The van der Waals surface area contributed by atoms with E-state index in [1.165, 1.54) is 44.1 Å². The van der Waals surface area contributed by atoms with Crippen molar-refractivity contribution >= 4 is 5.91 Å². The van der Waals surface area contributed by atoms with E-state index in [0.717, 1.165) is 37.4 Å². The highest BCUT2D eigenvalue weighted by Gasteiger charge is 2.51. The molecule has 2 atom stereocenters. The number of carbonyl (C=O) groups excluding carboxylic acids is 1. The maximum absolute atomic E-state index is 13.0. The second-order valence-corrected chi connectivity index (χ2v) is 9.45. The first-order chi connectivity index (χ1) is 12.1. The predicted molar refractivity (Wildman–Crippen MR) is 95.9 cm³/mol. The maximum Gasteiger partial charge on any atom is 0.225 e. The lowest BCUT2D eigenvalue weighted by Crippen LogP contribution is -2.52. The van der Waals surface area contributed by atoms with Crippen molar-refractivity contribution in [2.24, 2.45) is 36.1 Å². The van der Waals surface area contributed by atoms with Gasteiger partial charge >= 0.3 is 0 Å². The van der Waals surface area contributed by atoms with Crippen LogP contribution in [0.1, 0.15) is 50.0 Å². The van der Waals surface area contributed by atoms with Crippen molar-refractivity contribution in [3.8, 4) is 0 Å². The van der Waals surface area contributed by atoms with Crippen LogP contribution in [-0.2, 0) is 11.8 Å². The van der Waals surface area contributed by atoms with Gasteiger partial charge in [0.1, 0.15) is 0 Å². The Balaban J connectivity index is 1.25. The third-order valence-electron chi connectivity index (χ3n) is 7.51. The van der Waals surface area contributed by atoms with Crippen LogP contribution in [0.2, 0.25) is 0 Å². The third-order valence-corrected chi connectivity index (χ3v) is 7.51. The van der Waals surface area contributed by atoms with Gasteiger partial charge in [0.15, 0.2) is 0 Å². The molecular weight excluding hydrogens is 312 g/mol. The average Bonchev–Trinajstić information content (AvgIpc) is 3.20. The molecule has 2 N–H and O–H groups in total. The summed E-state index contributed by atoms with van der Waals surface area (Å²) in [6.07, 6.45) is 12.4. The topological polar surface area (TPSA) is 59.0 Å². The molecule has 6 rings (SSSR count). The summed E-state index contributed by atoms with van der Waals surface area (Å²) in [4.78, 5) is 13.0. The van der Waals surface area contributed by atoms with Crippen LogP contribution in [-0.4, -0.2) is 35.3 Å². The molecule has 25 heavy (non-hydrogen) atoms. The van der Waals surface area contributed by atoms with Gasteiger partial charge in [-0.2, -0.15) is 5.10 Å². The molecule has 4 saturated carbocycles. The summed E-state index contributed by atoms with van der Waals surface area (Å²) in [5, 5.41) is 11.1. The van der Waals surface area contributed by atoms with Gasteiger partial charge in [-0.1, -0.05) is 0 Å². The highest BCUT2D eigenvalue weighted by Crippen LogP contribution is 2.59. The lowest BCUT2D eigenvalue weighted by atomic mass is 9.49. The molecule has 136 valence electrons. The highest BCUT2D eigenvalue weighted by molar-refractivity contribution is 5.80. The first kappa shape index (κ1) is 15.9. The van der Waals surface area contributed by atoms with Gasteiger partial charge in [-0.15, -0.1) is 0 Å². The number of rotatable bonds is 4. The second kappa shape index (κ2) is 5.83. The lowest BCUT2D eigenvalue weighted by Gasteiger charge is -2.57. The fourth-order valence-electron chi connectivity index (χ4n) is 6.85. The Morgan fingerprint density at radius 2 is 1.92 bits per heavy atom. The van der Waals surface area contributed by atoms with Gasteiger partial charge in [-0.3, -0.25) is 9.48 Å². The summed E-state index contributed by atoms with van der Waals surface area (Å²) < 4.78 is 1.83. The molecule has 5 nitrogen and oxygen atoms in total. The van der Waals surface area contributed by atoms with Crippen LogP contribution in [0.3, 0.4) is 0 Å². The van der Waals surface area contributed by atoms with Crippen molar-refractivity contribution in [1.29, 1.82) is 0 Å². The Hall–Kier alpha value is -1.36. The molecule has 1 amide bonds. The molecule has 5 aliphatic rings. The van der Waals surface area contributed by atoms with E-state index in [1.54, 1.807) is 0 Å².